The molecule has 1 aromatic carbocycles. The minimum absolute atomic E-state index is 0.112. The van der Waals surface area contributed by atoms with Crippen molar-refractivity contribution < 1.29 is 9.53 Å². The number of amides is 1. The summed E-state index contributed by atoms with van der Waals surface area (Å²) in [5, 5.41) is 3.50. The van der Waals surface area contributed by atoms with Gasteiger partial charge in [-0.05, 0) is 55.8 Å². The highest BCUT2D eigenvalue weighted by molar-refractivity contribution is 6.30. The molecule has 0 bridgehead atoms. The summed E-state index contributed by atoms with van der Waals surface area (Å²) in [6.07, 6.45) is 3.91. The van der Waals surface area contributed by atoms with E-state index >= 15 is 0 Å². The van der Waals surface area contributed by atoms with Gasteiger partial charge in [0.05, 0.1) is 13.2 Å². The van der Waals surface area contributed by atoms with Crippen LogP contribution in [0.4, 0.5) is 0 Å². The third-order valence-corrected chi connectivity index (χ3v) is 4.71. The highest BCUT2D eigenvalue weighted by Crippen LogP contribution is 2.27. The van der Waals surface area contributed by atoms with Gasteiger partial charge in [-0.25, -0.2) is 0 Å². The summed E-state index contributed by atoms with van der Waals surface area (Å²) in [6.45, 7) is 2.58. The lowest BCUT2D eigenvalue weighted by atomic mass is 10.0. The monoisotopic (exact) mass is 359 g/mol. The Bertz CT molecular complexity index is 732. The Kier molecular flexibility index (Phi) is 5.89. The molecule has 1 aliphatic heterocycles. The zero-order valence-electron chi connectivity index (χ0n) is 14.2. The maximum absolute atomic E-state index is 12.4. The summed E-state index contributed by atoms with van der Waals surface area (Å²) >= 11 is 5.94. The molecule has 0 saturated carbocycles. The van der Waals surface area contributed by atoms with Crippen LogP contribution in [-0.2, 0) is 0 Å². The molecular formula is C19H22ClN3O2. The molecule has 0 radical (unpaired) electrons. The number of aromatic nitrogens is 1. The molecule has 1 aromatic heterocycles. The lowest BCUT2D eigenvalue weighted by Crippen LogP contribution is -2.37. The quantitative estimate of drug-likeness (QED) is 0.859. The minimum atomic E-state index is -0.213. The molecule has 1 fully saturated rings. The molecule has 0 spiro atoms. The van der Waals surface area contributed by atoms with Crippen molar-refractivity contribution in [1.29, 1.82) is 0 Å². The number of methoxy groups -OCH3 is 1. The normalized spacial score (nSPS) is 15.8. The summed E-state index contributed by atoms with van der Waals surface area (Å²) < 4.78 is 5.35. The van der Waals surface area contributed by atoms with Crippen LogP contribution in [0.2, 0.25) is 5.02 Å². The summed E-state index contributed by atoms with van der Waals surface area (Å²) in [5.41, 5.74) is 1.47. The lowest BCUT2D eigenvalue weighted by Gasteiger charge is -2.28. The van der Waals surface area contributed by atoms with Gasteiger partial charge >= 0.3 is 0 Å². The van der Waals surface area contributed by atoms with Crippen LogP contribution >= 0.6 is 11.6 Å². The van der Waals surface area contributed by atoms with E-state index in [0.29, 0.717) is 17.3 Å². The van der Waals surface area contributed by atoms with Crippen molar-refractivity contribution in [3.05, 3.63) is 58.9 Å². The number of nitrogens with zero attached hydrogens (tertiary/aromatic N) is 2. The van der Waals surface area contributed by atoms with E-state index in [1.165, 1.54) is 19.0 Å². The van der Waals surface area contributed by atoms with E-state index in [1.807, 2.05) is 18.2 Å². The third-order valence-electron chi connectivity index (χ3n) is 4.47. The Labute approximate surface area is 153 Å². The van der Waals surface area contributed by atoms with Crippen molar-refractivity contribution in [3.63, 3.8) is 0 Å². The topological polar surface area (TPSA) is 54.5 Å². The van der Waals surface area contributed by atoms with E-state index in [4.69, 9.17) is 16.3 Å². The summed E-state index contributed by atoms with van der Waals surface area (Å²) in [7, 11) is 1.66. The average Bonchev–Trinajstić information content (AvgIpc) is 3.16. The van der Waals surface area contributed by atoms with Crippen molar-refractivity contribution in [3.8, 4) is 5.75 Å². The van der Waals surface area contributed by atoms with E-state index in [-0.39, 0.29) is 11.9 Å². The van der Waals surface area contributed by atoms with Crippen LogP contribution in [0.15, 0.2) is 42.6 Å². The highest BCUT2D eigenvalue weighted by Gasteiger charge is 2.24. The molecule has 1 saturated heterocycles. The molecule has 2 aromatic rings. The average molecular weight is 360 g/mol. The molecule has 2 heterocycles. The minimum Gasteiger partial charge on any atom is -0.497 e. The molecule has 5 nitrogen and oxygen atoms in total. The van der Waals surface area contributed by atoms with Crippen molar-refractivity contribution in [2.24, 2.45) is 0 Å². The van der Waals surface area contributed by atoms with Gasteiger partial charge in [0.15, 0.2) is 0 Å². The Morgan fingerprint density at radius 1 is 1.32 bits per heavy atom. The van der Waals surface area contributed by atoms with Gasteiger partial charge in [-0.15, -0.1) is 0 Å². The van der Waals surface area contributed by atoms with Crippen molar-refractivity contribution in [2.75, 3.05) is 26.7 Å². The molecule has 0 aliphatic carbocycles. The first kappa shape index (κ1) is 17.7. The predicted octanol–water partition coefficient (Wildman–Crippen LogP) is 3.31. The second-order valence-electron chi connectivity index (χ2n) is 6.10. The molecule has 1 atom stereocenters. The maximum Gasteiger partial charge on any atom is 0.269 e. The SMILES string of the molecule is COc1cccc(C(CNC(=O)c2cc(Cl)ccn2)N2CCCC2)c1. The molecule has 132 valence electrons. The molecule has 1 N–H and O–H groups in total. The number of halogens is 1. The first-order valence-electron chi connectivity index (χ1n) is 8.45. The van der Waals surface area contributed by atoms with Crippen LogP contribution in [0.5, 0.6) is 5.75 Å². The number of rotatable bonds is 6. The van der Waals surface area contributed by atoms with E-state index < -0.39 is 0 Å². The second kappa shape index (κ2) is 8.32. The second-order valence-corrected chi connectivity index (χ2v) is 6.54. The lowest BCUT2D eigenvalue weighted by molar-refractivity contribution is 0.0933. The molecule has 25 heavy (non-hydrogen) atoms. The fraction of sp³-hybridized carbons (Fsp3) is 0.368. The maximum atomic E-state index is 12.4. The van der Waals surface area contributed by atoms with E-state index in [1.54, 1.807) is 19.2 Å². The van der Waals surface area contributed by atoms with Crippen LogP contribution in [0.25, 0.3) is 0 Å². The fourth-order valence-electron chi connectivity index (χ4n) is 3.17. The number of pyridine rings is 1. The number of hydrogen-bond acceptors (Lipinski definition) is 4. The Morgan fingerprint density at radius 3 is 2.84 bits per heavy atom. The first-order valence-corrected chi connectivity index (χ1v) is 8.83. The van der Waals surface area contributed by atoms with Crippen LogP contribution in [-0.4, -0.2) is 42.5 Å². The van der Waals surface area contributed by atoms with Gasteiger partial charge in [0, 0.05) is 17.8 Å². The van der Waals surface area contributed by atoms with E-state index in [9.17, 15) is 4.79 Å². The van der Waals surface area contributed by atoms with E-state index in [0.717, 1.165) is 24.4 Å². The molecule has 3 rings (SSSR count). The first-order chi connectivity index (χ1) is 12.2. The summed E-state index contributed by atoms with van der Waals surface area (Å²) in [5.74, 6) is 0.610. The van der Waals surface area contributed by atoms with Crippen LogP contribution < -0.4 is 10.1 Å². The van der Waals surface area contributed by atoms with Gasteiger partial charge in [-0.3, -0.25) is 14.7 Å². The van der Waals surface area contributed by atoms with Gasteiger partial charge in [0.25, 0.3) is 5.91 Å². The zero-order valence-corrected chi connectivity index (χ0v) is 15.0. The van der Waals surface area contributed by atoms with Gasteiger partial charge < -0.3 is 10.1 Å². The number of hydrogen-bond donors (Lipinski definition) is 1. The van der Waals surface area contributed by atoms with Gasteiger partial charge in [-0.1, -0.05) is 23.7 Å². The molecule has 6 heteroatoms. The summed E-state index contributed by atoms with van der Waals surface area (Å²) in [6, 6.07) is 11.4. The molecular weight excluding hydrogens is 338 g/mol. The van der Waals surface area contributed by atoms with Gasteiger partial charge in [0.2, 0.25) is 0 Å². The summed E-state index contributed by atoms with van der Waals surface area (Å²) in [4.78, 5) is 18.9. The Morgan fingerprint density at radius 2 is 2.12 bits per heavy atom. The number of carbonyl (C=O) groups excluding carboxylic acids is 1. The van der Waals surface area contributed by atoms with Crippen molar-refractivity contribution in [2.45, 2.75) is 18.9 Å². The number of ether oxygens (including phenoxy) is 1. The van der Waals surface area contributed by atoms with Crippen molar-refractivity contribution >= 4 is 17.5 Å². The van der Waals surface area contributed by atoms with Gasteiger partial charge in [-0.2, -0.15) is 0 Å². The van der Waals surface area contributed by atoms with Gasteiger partial charge in [0.1, 0.15) is 11.4 Å². The third kappa shape index (κ3) is 4.50. The van der Waals surface area contributed by atoms with Crippen LogP contribution in [0.3, 0.4) is 0 Å². The number of nitrogens with one attached hydrogen (secondary N) is 1. The number of likely N-dealkylation sites (tertiary alicyclic amines) is 1. The van der Waals surface area contributed by atoms with E-state index in [2.05, 4.69) is 21.3 Å². The molecule has 1 amide bonds. The molecule has 1 unspecified atom stereocenters. The largest absolute Gasteiger partial charge is 0.497 e. The zero-order chi connectivity index (χ0) is 17.6. The smallest absolute Gasteiger partial charge is 0.269 e. The highest BCUT2D eigenvalue weighted by atomic mass is 35.5. The van der Waals surface area contributed by atoms with Crippen molar-refractivity contribution in [1.82, 2.24) is 15.2 Å². The Balaban J connectivity index is 1.74. The molecule has 1 aliphatic rings. The standard InChI is InChI=1S/C19H22ClN3O2/c1-25-16-6-4-5-14(11-16)18(23-9-2-3-10-23)13-22-19(24)17-12-15(20)7-8-21-17/h4-8,11-12,18H,2-3,9-10,13H2,1H3,(H,22,24). The van der Waals surface area contributed by atoms with Crippen LogP contribution in [0, 0.1) is 0 Å². The Hall–Kier alpha value is -2.11. The number of benzene rings is 1. The number of carbonyl (C=O) groups is 1. The predicted molar refractivity (Wildman–Crippen MR) is 98.1 cm³/mol. The fourth-order valence-corrected chi connectivity index (χ4v) is 3.33. The van der Waals surface area contributed by atoms with Crippen LogP contribution in [0.1, 0.15) is 34.9 Å².